The number of sulfonamides is 1. The number of hydroxylamine groups is 1. The first-order valence-electron chi connectivity index (χ1n) is 6.82. The summed E-state index contributed by atoms with van der Waals surface area (Å²) in [6, 6.07) is 6.16. The Morgan fingerprint density at radius 2 is 1.96 bits per heavy atom. The van der Waals surface area contributed by atoms with Gasteiger partial charge in [0.05, 0.1) is 15.5 Å². The molecule has 0 bridgehead atoms. The minimum atomic E-state index is -3.89. The number of rotatable bonds is 5. The van der Waals surface area contributed by atoms with Crippen LogP contribution in [0.1, 0.15) is 19.5 Å². The number of amides is 1. The molecule has 23 heavy (non-hydrogen) atoms. The molecule has 2 N–H and O–H groups in total. The van der Waals surface area contributed by atoms with Crippen LogP contribution in [0.25, 0.3) is 10.4 Å². The third kappa shape index (κ3) is 3.75. The van der Waals surface area contributed by atoms with Crippen molar-refractivity contribution in [3.63, 3.8) is 0 Å². The standard InChI is InChI=1S/C14H17N3O4S2/c1-4-17(19)23(20,21)12-7-5-11(6-8-12)13-9(2)15-14(22-13)16-10(3)18/h5-8,19H,4H2,1-3H3,(H,15,16,18). The lowest BCUT2D eigenvalue weighted by atomic mass is 10.2. The Morgan fingerprint density at radius 3 is 2.48 bits per heavy atom. The summed E-state index contributed by atoms with van der Waals surface area (Å²) in [4.78, 5) is 16.2. The highest BCUT2D eigenvalue weighted by molar-refractivity contribution is 7.89. The average molecular weight is 355 g/mol. The molecule has 1 heterocycles. The molecule has 0 radical (unpaired) electrons. The maximum Gasteiger partial charge on any atom is 0.264 e. The zero-order valence-electron chi connectivity index (χ0n) is 12.9. The third-order valence-electron chi connectivity index (χ3n) is 3.04. The number of hydrogen-bond acceptors (Lipinski definition) is 6. The van der Waals surface area contributed by atoms with Gasteiger partial charge in [-0.1, -0.05) is 27.9 Å². The van der Waals surface area contributed by atoms with Crippen LogP contribution in [0.5, 0.6) is 0 Å². The number of hydrogen-bond donors (Lipinski definition) is 2. The molecule has 1 amide bonds. The molecule has 0 fully saturated rings. The summed E-state index contributed by atoms with van der Waals surface area (Å²) in [6.45, 7) is 4.73. The smallest absolute Gasteiger partial charge is 0.264 e. The number of carbonyl (C=O) groups is 1. The molecular formula is C14H17N3O4S2. The van der Waals surface area contributed by atoms with Crippen molar-refractivity contribution in [3.05, 3.63) is 30.0 Å². The Kier molecular flexibility index (Phi) is 5.15. The Hall–Kier alpha value is -1.81. The highest BCUT2D eigenvalue weighted by atomic mass is 32.2. The molecule has 0 aliphatic carbocycles. The molecule has 1 aromatic carbocycles. The number of benzene rings is 1. The number of carbonyl (C=O) groups excluding carboxylic acids is 1. The first kappa shape index (κ1) is 17.5. The van der Waals surface area contributed by atoms with Gasteiger partial charge in [-0.3, -0.25) is 10.0 Å². The molecule has 124 valence electrons. The van der Waals surface area contributed by atoms with Crippen LogP contribution in [-0.4, -0.2) is 35.5 Å². The molecule has 0 spiro atoms. The fourth-order valence-electron chi connectivity index (χ4n) is 1.94. The Balaban J connectivity index is 2.34. The normalized spacial score (nSPS) is 11.7. The lowest BCUT2D eigenvalue weighted by molar-refractivity contribution is -0.114. The van der Waals surface area contributed by atoms with E-state index >= 15 is 0 Å². The van der Waals surface area contributed by atoms with Gasteiger partial charge in [-0.25, -0.2) is 13.4 Å². The van der Waals surface area contributed by atoms with Crippen molar-refractivity contribution < 1.29 is 18.4 Å². The van der Waals surface area contributed by atoms with Gasteiger partial charge in [-0.2, -0.15) is 0 Å². The molecule has 1 aromatic heterocycles. The van der Waals surface area contributed by atoms with Gasteiger partial charge in [-0.15, -0.1) is 0 Å². The number of nitrogens with zero attached hydrogens (tertiary/aromatic N) is 2. The Morgan fingerprint density at radius 1 is 1.35 bits per heavy atom. The lowest BCUT2D eigenvalue weighted by Crippen LogP contribution is -2.27. The van der Waals surface area contributed by atoms with E-state index in [1.54, 1.807) is 12.1 Å². The quantitative estimate of drug-likeness (QED) is 0.803. The van der Waals surface area contributed by atoms with E-state index in [1.165, 1.54) is 37.3 Å². The summed E-state index contributed by atoms with van der Waals surface area (Å²) in [5.41, 5.74) is 1.53. The number of aromatic nitrogens is 1. The van der Waals surface area contributed by atoms with Crippen LogP contribution >= 0.6 is 11.3 Å². The summed E-state index contributed by atoms with van der Waals surface area (Å²) >= 11 is 1.31. The van der Waals surface area contributed by atoms with Gasteiger partial charge in [0.2, 0.25) is 5.91 Å². The molecule has 0 saturated carbocycles. The summed E-state index contributed by atoms with van der Waals surface area (Å²) in [7, 11) is -3.89. The van der Waals surface area contributed by atoms with Gasteiger partial charge in [0.1, 0.15) is 0 Å². The topological polar surface area (TPSA) is 99.6 Å². The van der Waals surface area contributed by atoms with Crippen LogP contribution in [-0.2, 0) is 14.8 Å². The predicted molar refractivity (Wildman–Crippen MR) is 87.9 cm³/mol. The summed E-state index contributed by atoms with van der Waals surface area (Å²) in [5.74, 6) is -0.200. The first-order valence-corrected chi connectivity index (χ1v) is 9.08. The van der Waals surface area contributed by atoms with Crippen molar-refractivity contribution >= 4 is 32.4 Å². The van der Waals surface area contributed by atoms with Crippen LogP contribution in [0.3, 0.4) is 0 Å². The van der Waals surface area contributed by atoms with E-state index < -0.39 is 10.0 Å². The lowest BCUT2D eigenvalue weighted by Gasteiger charge is -2.12. The van der Waals surface area contributed by atoms with Crippen LogP contribution in [0.15, 0.2) is 29.2 Å². The Labute approximate surface area is 138 Å². The van der Waals surface area contributed by atoms with E-state index in [0.29, 0.717) is 9.60 Å². The van der Waals surface area contributed by atoms with Crippen LogP contribution in [0.2, 0.25) is 0 Å². The van der Waals surface area contributed by atoms with Crippen LogP contribution in [0, 0.1) is 6.92 Å². The van der Waals surface area contributed by atoms with E-state index in [4.69, 9.17) is 0 Å². The van der Waals surface area contributed by atoms with Gasteiger partial charge in [0.15, 0.2) is 5.13 Å². The highest BCUT2D eigenvalue weighted by Gasteiger charge is 2.21. The molecule has 2 aromatic rings. The molecule has 9 heteroatoms. The fourth-order valence-corrected chi connectivity index (χ4v) is 4.02. The second-order valence-electron chi connectivity index (χ2n) is 4.78. The minimum absolute atomic E-state index is 0.00912. The zero-order chi connectivity index (χ0) is 17.2. The van der Waals surface area contributed by atoms with Crippen molar-refractivity contribution in [1.82, 2.24) is 9.45 Å². The van der Waals surface area contributed by atoms with Crippen molar-refractivity contribution in [2.24, 2.45) is 0 Å². The minimum Gasteiger partial charge on any atom is -0.302 e. The molecule has 0 unspecified atom stereocenters. The van der Waals surface area contributed by atoms with Gasteiger partial charge < -0.3 is 5.32 Å². The molecule has 0 saturated heterocycles. The molecule has 7 nitrogen and oxygen atoms in total. The highest BCUT2D eigenvalue weighted by Crippen LogP contribution is 2.33. The molecule has 2 rings (SSSR count). The van der Waals surface area contributed by atoms with Crippen molar-refractivity contribution in [2.75, 3.05) is 11.9 Å². The fraction of sp³-hybridized carbons (Fsp3) is 0.286. The number of aryl methyl sites for hydroxylation is 1. The van der Waals surface area contributed by atoms with E-state index in [2.05, 4.69) is 10.3 Å². The Bertz CT molecular complexity index is 813. The average Bonchev–Trinajstić information content (AvgIpc) is 2.86. The van der Waals surface area contributed by atoms with Gasteiger partial charge in [-0.05, 0) is 31.5 Å². The molecule has 0 aliphatic rings. The SMILES string of the molecule is CCN(O)S(=O)(=O)c1ccc(-c2sc(NC(C)=O)nc2C)cc1. The van der Waals surface area contributed by atoms with Crippen molar-refractivity contribution in [1.29, 1.82) is 0 Å². The van der Waals surface area contributed by atoms with Crippen molar-refractivity contribution in [3.8, 4) is 10.4 Å². The van der Waals surface area contributed by atoms with E-state index in [0.717, 1.165) is 16.1 Å². The number of nitrogens with one attached hydrogen (secondary N) is 1. The van der Waals surface area contributed by atoms with E-state index in [1.807, 2.05) is 6.92 Å². The zero-order valence-corrected chi connectivity index (χ0v) is 14.5. The third-order valence-corrected chi connectivity index (χ3v) is 5.84. The van der Waals surface area contributed by atoms with Gasteiger partial charge in [0, 0.05) is 13.5 Å². The molecular weight excluding hydrogens is 338 g/mol. The number of thiazole rings is 1. The summed E-state index contributed by atoms with van der Waals surface area (Å²) in [5, 5.41) is 12.6. The van der Waals surface area contributed by atoms with E-state index in [9.17, 15) is 18.4 Å². The summed E-state index contributed by atoms with van der Waals surface area (Å²) < 4.78 is 24.3. The first-order chi connectivity index (χ1) is 10.8. The number of anilines is 1. The monoisotopic (exact) mass is 355 g/mol. The van der Waals surface area contributed by atoms with Crippen LogP contribution < -0.4 is 5.32 Å². The summed E-state index contributed by atoms with van der Waals surface area (Å²) in [6.07, 6.45) is 0. The molecule has 0 aliphatic heterocycles. The van der Waals surface area contributed by atoms with Crippen molar-refractivity contribution in [2.45, 2.75) is 25.7 Å². The second kappa shape index (κ2) is 6.75. The van der Waals surface area contributed by atoms with Gasteiger partial charge >= 0.3 is 0 Å². The maximum atomic E-state index is 12.0. The largest absolute Gasteiger partial charge is 0.302 e. The second-order valence-corrected chi connectivity index (χ2v) is 7.62. The van der Waals surface area contributed by atoms with E-state index in [-0.39, 0.29) is 17.3 Å². The maximum absolute atomic E-state index is 12.0. The predicted octanol–water partition coefficient (Wildman–Crippen LogP) is 2.48. The molecule has 0 atom stereocenters. The van der Waals surface area contributed by atoms with Gasteiger partial charge in [0.25, 0.3) is 10.0 Å². The van der Waals surface area contributed by atoms with Crippen LogP contribution in [0.4, 0.5) is 5.13 Å².